The van der Waals surface area contributed by atoms with Crippen molar-refractivity contribution >= 4 is 47.0 Å². The minimum Gasteiger partial charge on any atom is -0.477 e. The van der Waals surface area contributed by atoms with E-state index in [9.17, 15) is 9.59 Å². The molecule has 1 aromatic carbocycles. The highest BCUT2D eigenvalue weighted by molar-refractivity contribution is 6.51. The average molecular weight is 316 g/mol. The zero-order valence-corrected chi connectivity index (χ0v) is 12.0. The van der Waals surface area contributed by atoms with Gasteiger partial charge in [-0.25, -0.2) is 9.59 Å². The maximum Gasteiger partial charge on any atom is 0.348 e. The van der Waals surface area contributed by atoms with Crippen LogP contribution in [0.3, 0.4) is 0 Å². The molecule has 7 heteroatoms. The molecule has 0 saturated carbocycles. The molecule has 0 radical (unpaired) electrons. The predicted octanol–water partition coefficient (Wildman–Crippen LogP) is 3.34. The Morgan fingerprint density at radius 1 is 1.30 bits per heavy atom. The van der Waals surface area contributed by atoms with Crippen molar-refractivity contribution in [2.24, 2.45) is 4.99 Å². The molecule has 0 unspecified atom stereocenters. The normalized spacial score (nSPS) is 12.2. The molecule has 0 fully saturated rings. The van der Waals surface area contributed by atoms with Crippen LogP contribution in [0.2, 0.25) is 0 Å². The third kappa shape index (κ3) is 4.68. The summed E-state index contributed by atoms with van der Waals surface area (Å²) in [5, 5.41) is 7.91. The van der Waals surface area contributed by atoms with Gasteiger partial charge in [0.2, 0.25) is 0 Å². The van der Waals surface area contributed by atoms with Crippen molar-refractivity contribution in [1.82, 2.24) is 0 Å². The molecule has 1 N–H and O–H groups in total. The number of aliphatic imine (C=N–C) groups is 1. The molecule has 0 heterocycles. The molecule has 0 aliphatic carbocycles. The Balaban J connectivity index is 2.83. The maximum atomic E-state index is 11.4. The van der Waals surface area contributed by atoms with Gasteiger partial charge in [0.15, 0.2) is 0 Å². The Bertz CT molecular complexity index is 564. The number of carbonyl (C=O) groups is 2. The molecule has 0 aliphatic rings. The highest BCUT2D eigenvalue weighted by Gasteiger charge is 2.08. The molecule has 0 spiro atoms. The highest BCUT2D eigenvalue weighted by atomic mass is 35.5. The molecule has 1 rings (SSSR count). The van der Waals surface area contributed by atoms with E-state index in [2.05, 4.69) is 4.99 Å². The number of hydrogen-bond acceptors (Lipinski definition) is 4. The van der Waals surface area contributed by atoms with Crippen LogP contribution in [0.1, 0.15) is 17.3 Å². The van der Waals surface area contributed by atoms with E-state index in [0.29, 0.717) is 17.9 Å². The lowest BCUT2D eigenvalue weighted by atomic mass is 10.2. The molecule has 1 aromatic rings. The molecule has 20 heavy (non-hydrogen) atoms. The van der Waals surface area contributed by atoms with Gasteiger partial charge in [0.25, 0.3) is 0 Å². The number of rotatable bonds is 5. The number of benzene rings is 1. The van der Waals surface area contributed by atoms with Gasteiger partial charge in [-0.1, -0.05) is 23.2 Å². The topological polar surface area (TPSA) is 76.0 Å². The molecule has 0 bridgehead atoms. The van der Waals surface area contributed by atoms with Crippen LogP contribution < -0.4 is 0 Å². The zero-order chi connectivity index (χ0) is 15.1. The monoisotopic (exact) mass is 315 g/mol. The number of allylic oxidation sites excluding steroid dienone is 1. The van der Waals surface area contributed by atoms with E-state index in [-0.39, 0.29) is 5.03 Å². The number of halogens is 2. The molecular formula is C13H11Cl2NO4. The SMILES string of the molecule is CCOC(=O)c1ccc(N=CC(Cl)=C(Cl)C(=O)O)cc1. The lowest BCUT2D eigenvalue weighted by Gasteiger charge is -2.01. The Morgan fingerprint density at radius 2 is 1.90 bits per heavy atom. The summed E-state index contributed by atoms with van der Waals surface area (Å²) in [5.74, 6) is -1.75. The first-order valence-electron chi connectivity index (χ1n) is 5.55. The molecule has 0 atom stereocenters. The van der Waals surface area contributed by atoms with Crippen molar-refractivity contribution in [3.05, 3.63) is 39.9 Å². The van der Waals surface area contributed by atoms with Gasteiger partial charge in [-0.15, -0.1) is 0 Å². The fourth-order valence-corrected chi connectivity index (χ4v) is 1.37. The van der Waals surface area contributed by atoms with E-state index in [0.717, 1.165) is 6.21 Å². The second-order valence-electron chi connectivity index (χ2n) is 3.49. The van der Waals surface area contributed by atoms with E-state index in [4.69, 9.17) is 33.0 Å². The van der Waals surface area contributed by atoms with Gasteiger partial charge in [-0.3, -0.25) is 4.99 Å². The van der Waals surface area contributed by atoms with Crippen LogP contribution in [0.4, 0.5) is 5.69 Å². The third-order valence-electron chi connectivity index (χ3n) is 2.10. The van der Waals surface area contributed by atoms with Crippen LogP contribution in [0.15, 0.2) is 39.3 Å². The minimum atomic E-state index is -1.33. The van der Waals surface area contributed by atoms with Gasteiger partial charge < -0.3 is 9.84 Å². The summed E-state index contributed by atoms with van der Waals surface area (Å²) >= 11 is 11.1. The minimum absolute atomic E-state index is 0.186. The number of carbonyl (C=O) groups excluding carboxylic acids is 1. The van der Waals surface area contributed by atoms with Crippen molar-refractivity contribution in [2.75, 3.05) is 6.61 Å². The predicted molar refractivity (Wildman–Crippen MR) is 76.9 cm³/mol. The smallest absolute Gasteiger partial charge is 0.348 e. The van der Waals surface area contributed by atoms with Gasteiger partial charge >= 0.3 is 11.9 Å². The maximum absolute atomic E-state index is 11.4. The Morgan fingerprint density at radius 3 is 2.40 bits per heavy atom. The number of carboxylic acid groups (broad SMARTS) is 1. The fraction of sp³-hybridized carbons (Fsp3) is 0.154. The lowest BCUT2D eigenvalue weighted by Crippen LogP contribution is -2.03. The summed E-state index contributed by atoms with van der Waals surface area (Å²) < 4.78 is 4.84. The quantitative estimate of drug-likeness (QED) is 0.513. The molecular weight excluding hydrogens is 305 g/mol. The van der Waals surface area contributed by atoms with Crippen molar-refractivity contribution in [3.63, 3.8) is 0 Å². The second-order valence-corrected chi connectivity index (χ2v) is 4.28. The van der Waals surface area contributed by atoms with Crippen molar-refractivity contribution in [1.29, 1.82) is 0 Å². The number of nitrogens with zero attached hydrogens (tertiary/aromatic N) is 1. The lowest BCUT2D eigenvalue weighted by molar-refractivity contribution is -0.131. The standard InChI is InChI=1S/C13H11Cl2NO4/c1-2-20-13(19)8-3-5-9(6-4-8)16-7-10(14)11(15)12(17)18/h3-7H,2H2,1H3,(H,17,18). The number of ether oxygens (including phenoxy) is 1. The van der Waals surface area contributed by atoms with Crippen LogP contribution in [0, 0.1) is 0 Å². The van der Waals surface area contributed by atoms with Crippen LogP contribution in [0.5, 0.6) is 0 Å². The Hall–Kier alpha value is -1.85. The summed E-state index contributed by atoms with van der Waals surface area (Å²) in [7, 11) is 0. The molecule has 0 aliphatic heterocycles. The summed E-state index contributed by atoms with van der Waals surface area (Å²) in [4.78, 5) is 25.9. The van der Waals surface area contributed by atoms with Gasteiger partial charge in [-0.2, -0.15) is 0 Å². The fourth-order valence-electron chi connectivity index (χ4n) is 1.19. The third-order valence-corrected chi connectivity index (χ3v) is 2.85. The highest BCUT2D eigenvalue weighted by Crippen LogP contribution is 2.17. The van der Waals surface area contributed by atoms with Gasteiger partial charge in [0, 0.05) is 6.21 Å². The Labute approximate surface area is 125 Å². The summed E-state index contributed by atoms with van der Waals surface area (Å²) in [6.07, 6.45) is 1.12. The molecule has 0 saturated heterocycles. The van der Waals surface area contributed by atoms with Crippen LogP contribution in [-0.4, -0.2) is 29.9 Å². The number of aliphatic carboxylic acids is 1. The Kier molecular flexibility index (Phi) is 6.21. The molecule has 5 nitrogen and oxygen atoms in total. The number of carboxylic acids is 1. The van der Waals surface area contributed by atoms with Gasteiger partial charge in [-0.05, 0) is 31.2 Å². The summed E-state index contributed by atoms with van der Waals surface area (Å²) in [5.41, 5.74) is 0.891. The first kappa shape index (κ1) is 16.2. The van der Waals surface area contributed by atoms with E-state index in [1.165, 1.54) is 0 Å². The molecule has 0 aromatic heterocycles. The first-order chi connectivity index (χ1) is 9.45. The van der Waals surface area contributed by atoms with Crippen LogP contribution >= 0.6 is 23.2 Å². The van der Waals surface area contributed by atoms with E-state index in [1.54, 1.807) is 31.2 Å². The number of esters is 1. The average Bonchev–Trinajstić information content (AvgIpc) is 2.44. The molecule has 106 valence electrons. The van der Waals surface area contributed by atoms with Crippen molar-refractivity contribution in [2.45, 2.75) is 6.92 Å². The van der Waals surface area contributed by atoms with E-state index in [1.807, 2.05) is 0 Å². The van der Waals surface area contributed by atoms with Crippen molar-refractivity contribution < 1.29 is 19.4 Å². The zero-order valence-electron chi connectivity index (χ0n) is 10.5. The summed E-state index contributed by atoms with van der Waals surface area (Å²) in [6.45, 7) is 2.02. The number of hydrogen-bond donors (Lipinski definition) is 1. The largest absolute Gasteiger partial charge is 0.477 e. The second kappa shape index (κ2) is 7.67. The first-order valence-corrected chi connectivity index (χ1v) is 6.31. The van der Waals surface area contributed by atoms with E-state index >= 15 is 0 Å². The van der Waals surface area contributed by atoms with Gasteiger partial charge in [0.05, 0.1) is 22.9 Å². The van der Waals surface area contributed by atoms with Crippen LogP contribution in [0.25, 0.3) is 0 Å². The van der Waals surface area contributed by atoms with Crippen molar-refractivity contribution in [3.8, 4) is 0 Å². The summed E-state index contributed by atoms with van der Waals surface area (Å²) in [6, 6.07) is 6.23. The molecule has 0 amide bonds. The van der Waals surface area contributed by atoms with E-state index < -0.39 is 17.0 Å². The van der Waals surface area contributed by atoms with Gasteiger partial charge in [0.1, 0.15) is 5.03 Å². The van der Waals surface area contributed by atoms with Crippen LogP contribution in [-0.2, 0) is 9.53 Å².